The number of rotatable bonds is 14. The molecule has 2 nitrogen and oxygen atoms in total. The van der Waals surface area contributed by atoms with Crippen LogP contribution in [0.2, 0.25) is 0 Å². The Bertz CT molecular complexity index is 4110. The summed E-state index contributed by atoms with van der Waals surface area (Å²) in [6.07, 6.45) is -31.5. The van der Waals surface area contributed by atoms with Gasteiger partial charge in [0.15, 0.2) is 0 Å². The third-order valence-corrected chi connectivity index (χ3v) is 20.0. The SMILES string of the molecule is C.C.C.C.C.CC(C)c1cc(C(F)(F)F)cc(C(F)(F)C2CC2)c1.CC(C)c1cc(C(F)(F)F)cc(C2(C)CC2C(F)(F)F)c1.CC(C)c1cc(C2CC2(F)F)cc(C(F)(F)F)c1.CC(C)c1cc(C2CC2)nc(C(F)(F)F)c1.CC(C)c1cc(C2CC2C(F)(F)F)cc(C(F)(F)F)c1.CC(C)c1cc(OC2CC2)cc(C(F)(F)F)c1. The Morgan fingerprint density at radius 2 is 0.716 bits per heavy atom. The van der Waals surface area contributed by atoms with Gasteiger partial charge in [-0.3, -0.25) is 0 Å². The zero-order valence-electron chi connectivity index (χ0n) is 62.6. The molecule has 5 aromatic carbocycles. The smallest absolute Gasteiger partial charge is 0.433 e. The summed E-state index contributed by atoms with van der Waals surface area (Å²) in [5.74, 6) is -11.7. The molecule has 6 aliphatic rings. The van der Waals surface area contributed by atoms with Crippen LogP contribution < -0.4 is 4.74 Å². The number of nitrogens with zero attached hydrogens (tertiary/aromatic N) is 1. The van der Waals surface area contributed by atoms with E-state index in [9.17, 15) is 123 Å². The molecule has 0 bridgehead atoms. The Morgan fingerprint density at radius 1 is 0.362 bits per heavy atom. The predicted octanol–water partition coefficient (Wildman–Crippen LogP) is 33.1. The van der Waals surface area contributed by atoms with Crippen LogP contribution in [-0.2, 0) is 48.4 Å². The van der Waals surface area contributed by atoms with Gasteiger partial charge >= 0.3 is 49.4 Å². The van der Waals surface area contributed by atoms with Crippen molar-refractivity contribution in [2.75, 3.05) is 0 Å². The van der Waals surface area contributed by atoms with Crippen LogP contribution in [-0.4, -0.2) is 29.4 Å². The van der Waals surface area contributed by atoms with Gasteiger partial charge in [-0.2, -0.15) is 105 Å². The minimum Gasteiger partial charge on any atom is -0.490 e. The molecule has 30 heteroatoms. The largest absolute Gasteiger partial charge is 0.490 e. The summed E-state index contributed by atoms with van der Waals surface area (Å²) >= 11 is 0. The van der Waals surface area contributed by atoms with Crippen molar-refractivity contribution >= 4 is 0 Å². The van der Waals surface area contributed by atoms with E-state index in [0.29, 0.717) is 58.2 Å². The molecular formula is C86H107F28NO. The van der Waals surface area contributed by atoms with Gasteiger partial charge in [0.25, 0.3) is 11.8 Å². The second-order valence-corrected chi connectivity index (χ2v) is 31.6. The number of pyridine rings is 1. The second kappa shape index (κ2) is 38.2. The lowest BCUT2D eigenvalue weighted by molar-refractivity contribution is -0.152. The lowest BCUT2D eigenvalue weighted by Crippen LogP contribution is -2.19. The summed E-state index contributed by atoms with van der Waals surface area (Å²) in [7, 11) is 0. The van der Waals surface area contributed by atoms with Crippen molar-refractivity contribution in [2.45, 2.75) is 311 Å². The van der Waals surface area contributed by atoms with Crippen LogP contribution in [0.5, 0.6) is 5.75 Å². The van der Waals surface area contributed by atoms with Gasteiger partial charge in [0.1, 0.15) is 11.4 Å². The van der Waals surface area contributed by atoms with E-state index in [1.165, 1.54) is 37.3 Å². The molecule has 0 N–H and O–H groups in total. The highest BCUT2D eigenvalue weighted by Crippen LogP contribution is 2.62. The van der Waals surface area contributed by atoms with Crippen molar-refractivity contribution in [3.63, 3.8) is 0 Å². The van der Waals surface area contributed by atoms with E-state index in [2.05, 4.69) is 4.98 Å². The van der Waals surface area contributed by atoms with Crippen molar-refractivity contribution in [3.8, 4) is 5.75 Å². The number of halogens is 28. The molecule has 0 amide bonds. The minimum absolute atomic E-state index is 0. The molecule has 6 saturated carbocycles. The van der Waals surface area contributed by atoms with Crippen LogP contribution in [0.1, 0.15) is 333 Å². The fraction of sp³-hybridized carbons (Fsp3) is 0.593. The molecule has 658 valence electrons. The van der Waals surface area contributed by atoms with E-state index in [1.54, 1.807) is 61.5 Å². The average Bonchev–Trinajstić information content (AvgIpc) is 1.56. The van der Waals surface area contributed by atoms with Gasteiger partial charge in [-0.25, -0.2) is 22.5 Å². The normalized spacial score (nSPS) is 19.8. The highest BCUT2D eigenvalue weighted by atomic mass is 19.4. The molecular weight excluding hydrogens is 1590 g/mol. The van der Waals surface area contributed by atoms with Gasteiger partial charge < -0.3 is 4.74 Å². The quantitative estimate of drug-likeness (QED) is 0.101. The topological polar surface area (TPSA) is 22.1 Å². The molecule has 6 fully saturated rings. The number of hydrogen-bond donors (Lipinski definition) is 0. The molecule has 116 heavy (non-hydrogen) atoms. The van der Waals surface area contributed by atoms with E-state index < -0.39 is 135 Å². The Kier molecular flexibility index (Phi) is 34.7. The van der Waals surface area contributed by atoms with Crippen LogP contribution in [0.3, 0.4) is 0 Å². The molecule has 1 aromatic heterocycles. The van der Waals surface area contributed by atoms with Crippen molar-refractivity contribution in [3.05, 3.63) is 198 Å². The molecule has 1 heterocycles. The van der Waals surface area contributed by atoms with E-state index in [0.717, 1.165) is 85.8 Å². The summed E-state index contributed by atoms with van der Waals surface area (Å²) in [4.78, 5) is 3.72. The maximum absolute atomic E-state index is 14.0. The Balaban J connectivity index is 0.000000469. The first-order valence-corrected chi connectivity index (χ1v) is 36.1. The van der Waals surface area contributed by atoms with Crippen LogP contribution in [0.15, 0.2) is 103 Å². The number of benzene rings is 5. The number of hydrogen-bond acceptors (Lipinski definition) is 2. The molecule has 0 aliphatic heterocycles. The maximum atomic E-state index is 14.0. The molecule has 5 atom stereocenters. The van der Waals surface area contributed by atoms with E-state index in [4.69, 9.17) is 4.74 Å². The van der Waals surface area contributed by atoms with Gasteiger partial charge in [0, 0.05) is 34.9 Å². The Morgan fingerprint density at radius 3 is 1.06 bits per heavy atom. The lowest BCUT2D eigenvalue weighted by Gasteiger charge is -2.20. The van der Waals surface area contributed by atoms with Crippen LogP contribution in [0.4, 0.5) is 123 Å². The average molecular weight is 1700 g/mol. The van der Waals surface area contributed by atoms with Gasteiger partial charge in [-0.1, -0.05) is 145 Å². The zero-order chi connectivity index (χ0) is 84.2. The van der Waals surface area contributed by atoms with Crippen LogP contribution >= 0.6 is 0 Å². The molecule has 0 spiro atoms. The van der Waals surface area contributed by atoms with Crippen LogP contribution in [0, 0.1) is 17.8 Å². The molecule has 0 radical (unpaired) electrons. The lowest BCUT2D eigenvalue weighted by atomic mass is 9.89. The molecule has 12 rings (SSSR count). The summed E-state index contributed by atoms with van der Waals surface area (Å²) in [6.45, 7) is 22.6. The van der Waals surface area contributed by atoms with Crippen molar-refractivity contribution in [1.29, 1.82) is 0 Å². The van der Waals surface area contributed by atoms with Crippen molar-refractivity contribution in [2.24, 2.45) is 17.8 Å². The third-order valence-electron chi connectivity index (χ3n) is 20.0. The maximum Gasteiger partial charge on any atom is 0.433 e. The highest BCUT2D eigenvalue weighted by Gasteiger charge is 2.65. The number of alkyl halides is 28. The van der Waals surface area contributed by atoms with E-state index in [1.807, 2.05) is 33.8 Å². The summed E-state index contributed by atoms with van der Waals surface area (Å²) in [5.41, 5.74) is -2.77. The summed E-state index contributed by atoms with van der Waals surface area (Å²) < 4.78 is 365. The van der Waals surface area contributed by atoms with Gasteiger partial charge in [-0.05, 0) is 228 Å². The fourth-order valence-electron chi connectivity index (χ4n) is 12.1. The van der Waals surface area contributed by atoms with Crippen LogP contribution in [0.25, 0.3) is 0 Å². The zero-order valence-corrected chi connectivity index (χ0v) is 62.6. The molecule has 6 aromatic rings. The monoisotopic (exact) mass is 1700 g/mol. The first-order valence-electron chi connectivity index (χ1n) is 36.1. The van der Waals surface area contributed by atoms with Gasteiger partial charge in [0.05, 0.1) is 51.7 Å². The second-order valence-electron chi connectivity index (χ2n) is 31.6. The molecule has 0 saturated heterocycles. The minimum atomic E-state index is -4.60. The number of aromatic nitrogens is 1. The highest BCUT2D eigenvalue weighted by molar-refractivity contribution is 5.44. The molecule has 6 aliphatic carbocycles. The van der Waals surface area contributed by atoms with Gasteiger partial charge in [-0.15, -0.1) is 0 Å². The van der Waals surface area contributed by atoms with Crippen molar-refractivity contribution < 1.29 is 128 Å². The Hall–Kier alpha value is -6.91. The van der Waals surface area contributed by atoms with Gasteiger partial charge in [0.2, 0.25) is 0 Å². The van der Waals surface area contributed by atoms with E-state index in [-0.39, 0.29) is 121 Å². The summed E-state index contributed by atoms with van der Waals surface area (Å²) in [5, 5.41) is 0. The first-order chi connectivity index (χ1) is 50.3. The molecule has 5 unspecified atom stereocenters. The Labute approximate surface area is 662 Å². The number of ether oxygens (including phenoxy) is 1. The standard InChI is InChI=1S/C15H16F6.C14H14F6.C14H15F5.C13H13F5.C13H15F3O.C12H14F3N.5CH4/c1-8(2)9-4-10(6-11(5-9)14(16,17)18)13(3)7-12(13)15(19,20)21;1-7(2)8-3-9(5-10(4-8)13(15,16)17)11-6-12(11)14(18,19)20;1-8(2)9-5-11(13(15,16)10-3-4-10)7-12(6-9)14(17,18)19;1-7(2)8-3-9(11-6-12(11,14)15)5-10(4-8)13(16,17)18;1-8(2)9-5-10(13(14,15)16)7-12(6-9)17-11-3-4-11;1-7(2)9-5-10(8-3-4-8)16-11(6-9)12(13,14)15;;;;;/h4-6,8,12H,7H2,1-3H3;3-5,7,11-12H,6H2,1-2H3;5-8,10H,3-4H2,1-2H3;3-5,7,11H,6H2,1-2H3;5-8,11H,3-4H2,1-2H3;5-8H,3-4H2,1-2H3;5*1H4. The van der Waals surface area contributed by atoms with Crippen molar-refractivity contribution in [1.82, 2.24) is 4.98 Å². The van der Waals surface area contributed by atoms with E-state index >= 15 is 0 Å². The first kappa shape index (κ1) is 105. The predicted molar refractivity (Wildman–Crippen MR) is 398 cm³/mol. The summed E-state index contributed by atoms with van der Waals surface area (Å²) in [6, 6.07) is 19.8. The third kappa shape index (κ3) is 28.9. The fourth-order valence-corrected chi connectivity index (χ4v) is 12.1.